The number of anilines is 2. The fraction of sp³-hybridized carbons (Fsp3) is 0.548. The van der Waals surface area contributed by atoms with E-state index in [0.29, 0.717) is 54.0 Å². The Balaban J connectivity index is 1.30. The van der Waals surface area contributed by atoms with E-state index in [4.69, 9.17) is 19.2 Å². The van der Waals surface area contributed by atoms with E-state index >= 15 is 0 Å². The fourth-order valence-electron chi connectivity index (χ4n) is 6.12. The van der Waals surface area contributed by atoms with Crippen LogP contribution in [0.15, 0.2) is 47.2 Å². The number of nitrogens with one attached hydrogen (secondary N) is 1. The number of aliphatic hydroxyl groups is 3. The molecule has 1 aliphatic carbocycles. The van der Waals surface area contributed by atoms with Gasteiger partial charge in [0, 0.05) is 19.2 Å². The summed E-state index contributed by atoms with van der Waals surface area (Å²) in [6.07, 6.45) is 5.95. The van der Waals surface area contributed by atoms with E-state index in [0.717, 1.165) is 24.2 Å². The Morgan fingerprint density at radius 2 is 1.88 bits per heavy atom. The van der Waals surface area contributed by atoms with Crippen LogP contribution in [-0.4, -0.2) is 72.0 Å². The zero-order valence-corrected chi connectivity index (χ0v) is 24.5. The van der Waals surface area contributed by atoms with E-state index in [-0.39, 0.29) is 6.73 Å². The van der Waals surface area contributed by atoms with Crippen LogP contribution in [0.2, 0.25) is 0 Å². The van der Waals surface area contributed by atoms with Crippen LogP contribution in [0.3, 0.4) is 0 Å². The van der Waals surface area contributed by atoms with E-state index < -0.39 is 24.5 Å². The van der Waals surface area contributed by atoms with Crippen LogP contribution in [-0.2, 0) is 17.6 Å². The highest BCUT2D eigenvalue weighted by Crippen LogP contribution is 2.40. The lowest BCUT2D eigenvalue weighted by molar-refractivity contribution is -0.0434. The average Bonchev–Trinajstić information content (AvgIpc) is 3.76. The van der Waals surface area contributed by atoms with Crippen molar-refractivity contribution in [3.8, 4) is 0 Å². The Morgan fingerprint density at radius 1 is 1.07 bits per heavy atom. The average molecular weight is 592 g/mol. The third-order valence-corrected chi connectivity index (χ3v) is 8.68. The number of nitrogens with zero attached hydrogens (tertiary/aromatic N) is 6. The van der Waals surface area contributed by atoms with Crippen LogP contribution in [0.1, 0.15) is 74.8 Å². The number of hydrogen-bond acceptors (Lipinski definition) is 11. The van der Waals surface area contributed by atoms with Crippen molar-refractivity contribution in [1.82, 2.24) is 24.7 Å². The lowest BCUT2D eigenvalue weighted by Crippen LogP contribution is -2.30. The molecule has 4 N–H and O–H groups in total. The van der Waals surface area contributed by atoms with E-state index in [1.165, 1.54) is 32.1 Å². The molecule has 0 bridgehead atoms. The summed E-state index contributed by atoms with van der Waals surface area (Å²) in [6.45, 7) is 2.91. The third-order valence-electron chi connectivity index (χ3n) is 8.68. The van der Waals surface area contributed by atoms with Gasteiger partial charge in [0.2, 0.25) is 5.95 Å². The topological polar surface area (TPSA) is 155 Å². The molecule has 3 aromatic heterocycles. The van der Waals surface area contributed by atoms with Gasteiger partial charge < -0.3 is 34.8 Å². The van der Waals surface area contributed by atoms with Gasteiger partial charge in [0.05, 0.1) is 12.0 Å². The molecule has 4 aromatic rings. The monoisotopic (exact) mass is 591 g/mol. The maximum Gasteiger partial charge on any atom is 0.231 e. The smallest absolute Gasteiger partial charge is 0.231 e. The molecule has 230 valence electrons. The van der Waals surface area contributed by atoms with Crippen LogP contribution < -0.4 is 10.2 Å². The van der Waals surface area contributed by atoms with Gasteiger partial charge in [0.1, 0.15) is 25.0 Å². The Hall–Kier alpha value is -3.58. The second-order valence-corrected chi connectivity index (χ2v) is 11.6. The number of aryl methyl sites for hydroxylation is 1. The molecule has 4 heterocycles. The number of ether oxygens (including phenoxy) is 1. The molecular weight excluding hydrogens is 550 g/mol. The number of aromatic nitrogens is 5. The molecule has 2 aliphatic rings. The molecule has 4 atom stereocenters. The molecule has 1 saturated carbocycles. The van der Waals surface area contributed by atoms with Gasteiger partial charge in [0.15, 0.2) is 29.0 Å². The van der Waals surface area contributed by atoms with Gasteiger partial charge in [-0.3, -0.25) is 4.57 Å². The van der Waals surface area contributed by atoms with Crippen LogP contribution in [0.4, 0.5) is 11.8 Å². The molecule has 1 saturated heterocycles. The Bertz CT molecular complexity index is 1470. The Morgan fingerprint density at radius 3 is 2.63 bits per heavy atom. The largest absolute Gasteiger partial charge is 0.387 e. The van der Waals surface area contributed by atoms with E-state index in [2.05, 4.69) is 15.5 Å². The quantitative estimate of drug-likeness (QED) is 0.178. The number of aliphatic hydroxyl groups excluding tert-OH is 3. The summed E-state index contributed by atoms with van der Waals surface area (Å²) >= 11 is 0. The van der Waals surface area contributed by atoms with Gasteiger partial charge in [-0.1, -0.05) is 74.5 Å². The second kappa shape index (κ2) is 13.4. The first-order valence-corrected chi connectivity index (χ1v) is 15.4. The van der Waals surface area contributed by atoms with Crippen molar-refractivity contribution in [2.45, 2.75) is 82.8 Å². The van der Waals surface area contributed by atoms with E-state index in [9.17, 15) is 15.3 Å². The highest BCUT2D eigenvalue weighted by molar-refractivity contribution is 5.84. The van der Waals surface area contributed by atoms with Crippen molar-refractivity contribution in [2.24, 2.45) is 5.92 Å². The summed E-state index contributed by atoms with van der Waals surface area (Å²) in [7, 11) is 0. The molecule has 2 fully saturated rings. The van der Waals surface area contributed by atoms with E-state index in [1.807, 2.05) is 37.3 Å². The van der Waals surface area contributed by atoms with Gasteiger partial charge in [-0.2, -0.15) is 9.97 Å². The molecule has 0 radical (unpaired) electrons. The number of imidazole rings is 1. The highest BCUT2D eigenvalue weighted by atomic mass is 16.6. The molecule has 6 rings (SSSR count). The summed E-state index contributed by atoms with van der Waals surface area (Å²) in [5.74, 6) is 1.93. The number of fused-ring (bicyclic) bond motifs is 1. The molecule has 0 amide bonds. The summed E-state index contributed by atoms with van der Waals surface area (Å²) in [5, 5.41) is 39.8. The molecule has 12 nitrogen and oxygen atoms in total. The minimum absolute atomic E-state index is 0.275. The lowest BCUT2D eigenvalue weighted by Gasteiger charge is -2.23. The third kappa shape index (κ3) is 6.37. The summed E-state index contributed by atoms with van der Waals surface area (Å²) in [6, 6.07) is 11.8. The Kier molecular flexibility index (Phi) is 9.17. The zero-order chi connectivity index (χ0) is 29.8. The second-order valence-electron chi connectivity index (χ2n) is 11.6. The van der Waals surface area contributed by atoms with Gasteiger partial charge in [-0.25, -0.2) is 4.98 Å². The van der Waals surface area contributed by atoms with Crippen molar-refractivity contribution in [3.05, 3.63) is 59.7 Å². The molecule has 1 aliphatic heterocycles. The van der Waals surface area contributed by atoms with E-state index in [1.54, 1.807) is 21.9 Å². The minimum Gasteiger partial charge on any atom is -0.387 e. The van der Waals surface area contributed by atoms with Gasteiger partial charge >= 0.3 is 0 Å². The molecular formula is C31H41N7O5. The molecule has 1 aromatic carbocycles. The van der Waals surface area contributed by atoms with Crippen molar-refractivity contribution >= 4 is 22.9 Å². The predicted octanol–water partition coefficient (Wildman–Crippen LogP) is 3.75. The minimum atomic E-state index is -1.27. The zero-order valence-electron chi connectivity index (χ0n) is 24.5. The van der Waals surface area contributed by atoms with Gasteiger partial charge in [-0.05, 0) is 30.7 Å². The fourth-order valence-corrected chi connectivity index (χ4v) is 6.12. The normalized spacial score (nSPS) is 22.8. The first-order valence-electron chi connectivity index (χ1n) is 15.4. The summed E-state index contributed by atoms with van der Waals surface area (Å²) in [5.41, 5.74) is 2.82. The first-order chi connectivity index (χ1) is 21.1. The summed E-state index contributed by atoms with van der Waals surface area (Å²) < 4.78 is 13.2. The van der Waals surface area contributed by atoms with Crippen LogP contribution in [0.25, 0.3) is 11.2 Å². The van der Waals surface area contributed by atoms with Gasteiger partial charge in [0.25, 0.3) is 0 Å². The molecule has 12 heteroatoms. The highest BCUT2D eigenvalue weighted by Gasteiger charge is 2.47. The van der Waals surface area contributed by atoms with Crippen LogP contribution in [0, 0.1) is 5.92 Å². The Labute approximate surface area is 250 Å². The van der Waals surface area contributed by atoms with Crippen molar-refractivity contribution in [3.63, 3.8) is 0 Å². The lowest BCUT2D eigenvalue weighted by atomic mass is 9.87. The van der Waals surface area contributed by atoms with Crippen molar-refractivity contribution in [2.75, 3.05) is 30.0 Å². The van der Waals surface area contributed by atoms with Crippen LogP contribution in [0.5, 0.6) is 0 Å². The maximum atomic E-state index is 11.1. The van der Waals surface area contributed by atoms with Crippen LogP contribution >= 0.6 is 0 Å². The van der Waals surface area contributed by atoms with Gasteiger partial charge in [-0.15, -0.1) is 0 Å². The molecule has 43 heavy (non-hydrogen) atoms. The molecule has 0 spiro atoms. The van der Waals surface area contributed by atoms with Crippen molar-refractivity contribution < 1.29 is 24.6 Å². The SMILES string of the molecule is CCc1cc([C@H]2O[C@@H](n3cnc4c(NCCC5CCCCC5)nc(N(CO)CCc5ccccc5)nc43)[C@H](O)[C@@H]2O)on1. The predicted molar refractivity (Wildman–Crippen MR) is 160 cm³/mol. The standard InChI is InChI=1S/C31H41N7O5/c1-2-22-17-23(43-36-22)27-25(40)26(41)30(42-27)38-18-33-24-28(32-15-13-20-9-5-3-6-10-20)34-31(35-29(24)38)37(19-39)16-14-21-11-7-4-8-12-21/h4,7-8,11-12,17-18,20,25-27,30,39-41H,2-3,5-6,9-10,13-16,19H2,1H3,(H,32,34,35)/t25-,26+,27+,30+/m0/s1. The number of benzene rings is 1. The summed E-state index contributed by atoms with van der Waals surface area (Å²) in [4.78, 5) is 15.9. The molecule has 0 unspecified atom stereocenters. The number of rotatable bonds is 12. The first kappa shape index (κ1) is 29.5. The van der Waals surface area contributed by atoms with Crippen molar-refractivity contribution in [1.29, 1.82) is 0 Å². The number of hydrogen-bond donors (Lipinski definition) is 4. The maximum absolute atomic E-state index is 11.1.